The minimum atomic E-state index is -1.81. The summed E-state index contributed by atoms with van der Waals surface area (Å²) in [4.78, 5) is 173. The summed E-state index contributed by atoms with van der Waals surface area (Å²) in [5.74, 6) is -8.54. The number of phenols is 1. The van der Waals surface area contributed by atoms with Crippen LogP contribution in [0.5, 0.6) is 5.75 Å². The molecule has 19 N–H and O–H groups in total. The number of aromatic amines is 3. The number of aliphatic hydroxyl groups is 1. The maximum atomic E-state index is 15.1. The van der Waals surface area contributed by atoms with E-state index in [4.69, 9.17) is 11.5 Å². The minimum absolute atomic E-state index is 0.0192. The van der Waals surface area contributed by atoms with Crippen molar-refractivity contribution in [2.75, 3.05) is 32.8 Å². The van der Waals surface area contributed by atoms with Crippen LogP contribution in [0.25, 0.3) is 21.8 Å². The number of carbonyl (C=O) groups is 11. The average Bonchev–Trinajstić information content (AvgIpc) is 1.74. The van der Waals surface area contributed by atoms with Crippen molar-refractivity contribution in [3.63, 3.8) is 0 Å². The monoisotopic (exact) mass is 1340 g/mol. The van der Waals surface area contributed by atoms with E-state index in [0.717, 1.165) is 10.9 Å². The van der Waals surface area contributed by atoms with Gasteiger partial charge in [-0.3, -0.25) is 57.7 Å². The number of fused-ring (bicyclic) bond motifs is 2. The maximum absolute atomic E-state index is 15.1. The summed E-state index contributed by atoms with van der Waals surface area (Å²) in [6, 6.07) is 7.84. The molecule has 8 rings (SSSR count). The third-order valence-corrected chi connectivity index (χ3v) is 16.7. The Labute approximate surface area is 558 Å². The Hall–Kier alpha value is -10.9. The summed E-state index contributed by atoms with van der Waals surface area (Å²) in [7, 11) is 0. The SMILES string of the molecule is CCNC(=O)CNC(=O)[C@@H]1CCCN1C(=O)[C@H](CC(C)C)NC(=O)[C@H](Cc1c[nH]c2ccccc12)NC(=O)[C@H](CCCN=C(N)N)NC(=O)[C@H](Cc1ccc(O)cc1)NC(=O)[C@H](CO)NC(=O)[C@H](Cc1c[nH]c2ccccc12)NC(=O)[C@H](Cc1cnc[nH]1)NC(=O)[C@@H]1CCC(=O)N1. The van der Waals surface area contributed by atoms with Crippen LogP contribution in [0.3, 0.4) is 0 Å². The Bertz CT molecular complexity index is 3790. The first-order valence-electron chi connectivity index (χ1n) is 32.4. The third kappa shape index (κ3) is 20.3. The number of hydrogen-bond acceptors (Lipinski definition) is 15. The molecule has 2 fully saturated rings. The molecule has 0 aliphatic carbocycles. The van der Waals surface area contributed by atoms with Crippen LogP contribution in [-0.4, -0.2) is 193 Å². The number of nitrogens with one attached hydrogen (secondary N) is 13. The molecule has 3 aromatic heterocycles. The predicted octanol–water partition coefficient (Wildman–Crippen LogP) is -1.64. The molecule has 0 spiro atoms. The summed E-state index contributed by atoms with van der Waals surface area (Å²) in [6.45, 7) is 4.62. The number of likely N-dealkylation sites (N-methyl/N-ethyl adjacent to an activating group) is 1. The van der Waals surface area contributed by atoms with E-state index < -0.39 is 120 Å². The first kappa shape index (κ1) is 72.0. The second-order valence-electron chi connectivity index (χ2n) is 24.5. The smallest absolute Gasteiger partial charge is 0.245 e. The van der Waals surface area contributed by atoms with Gasteiger partial charge >= 0.3 is 0 Å². The van der Waals surface area contributed by atoms with Gasteiger partial charge < -0.3 is 94.7 Å². The summed E-state index contributed by atoms with van der Waals surface area (Å²) in [5.41, 5.74) is 14.7. The molecule has 11 amide bonds. The normalized spacial score (nSPS) is 16.5. The standard InChI is InChI=1S/C66H86N18O13/c1-4-70-56(88)33-74-64(96)54-16-10-24-84(54)65(97)52(25-36(2)3)82-60(92)49(27-38-30-72-44-13-7-5-11-42(38)44)79-57(89)46(15-9-23-71-66(67)68)77-59(91)48(26-37-17-19-41(86)20-18-37)78-63(95)53(34-85)83-61(93)50(28-39-31-73-45-14-8-6-12-43(39)45)80-62(94)51(29-40-32-69-35-75-40)81-58(90)47-21-22-55(87)76-47/h5-8,11-14,17-20,30-32,35-36,46-54,72-73,85-86H,4,9-10,15-16,21-29,33-34H2,1-3H3,(H,69,75)(H,70,88)(H,74,96)(H,76,87)(H,77,91)(H,78,95)(H,79,89)(H,80,94)(H,81,90)(H,82,92)(H,83,93)(H4,67,68,71)/t46-,47-,48-,49-,50-,51-,52-,53-,54-/m0/s1. The molecule has 0 bridgehead atoms. The van der Waals surface area contributed by atoms with Crippen LogP contribution in [0.4, 0.5) is 0 Å². The Morgan fingerprint density at radius 1 is 0.649 bits per heavy atom. The van der Waals surface area contributed by atoms with E-state index in [0.29, 0.717) is 52.7 Å². The first-order valence-corrected chi connectivity index (χ1v) is 32.4. The van der Waals surface area contributed by atoms with Gasteiger partial charge in [0.15, 0.2) is 5.96 Å². The number of nitrogens with zero attached hydrogens (tertiary/aromatic N) is 3. The lowest BCUT2D eigenvalue weighted by molar-refractivity contribution is -0.142. The average molecular weight is 1340 g/mol. The molecule has 2 aliphatic rings. The lowest BCUT2D eigenvalue weighted by atomic mass is 9.99. The van der Waals surface area contributed by atoms with Crippen molar-refractivity contribution in [3.05, 3.63) is 120 Å². The number of para-hydroxylation sites is 2. The van der Waals surface area contributed by atoms with E-state index >= 15 is 9.59 Å². The Kier molecular flexibility index (Phi) is 25.6. The highest BCUT2D eigenvalue weighted by Gasteiger charge is 2.40. The summed E-state index contributed by atoms with van der Waals surface area (Å²) < 4.78 is 0. The largest absolute Gasteiger partial charge is 0.508 e. The van der Waals surface area contributed by atoms with Gasteiger partial charge in [-0.1, -0.05) is 62.4 Å². The van der Waals surface area contributed by atoms with Gasteiger partial charge in [0, 0.05) is 97.8 Å². The molecule has 518 valence electrons. The van der Waals surface area contributed by atoms with Crippen LogP contribution in [0.1, 0.15) is 88.1 Å². The van der Waals surface area contributed by atoms with E-state index in [1.54, 1.807) is 49.6 Å². The fourth-order valence-corrected chi connectivity index (χ4v) is 11.8. The van der Waals surface area contributed by atoms with E-state index in [9.17, 15) is 53.4 Å². The highest BCUT2D eigenvalue weighted by molar-refractivity contribution is 6.00. The molecule has 97 heavy (non-hydrogen) atoms. The van der Waals surface area contributed by atoms with Crippen molar-refractivity contribution < 1.29 is 63.0 Å². The molecule has 3 aromatic carbocycles. The molecule has 6 aromatic rings. The number of aromatic hydroxyl groups is 1. The quantitative estimate of drug-likeness (QED) is 0.0122. The summed E-state index contributed by atoms with van der Waals surface area (Å²) >= 11 is 0. The number of H-pyrrole nitrogens is 3. The highest BCUT2D eigenvalue weighted by Crippen LogP contribution is 2.24. The molecule has 0 saturated carbocycles. The number of nitrogens with two attached hydrogens (primary N) is 2. The predicted molar refractivity (Wildman–Crippen MR) is 356 cm³/mol. The van der Waals surface area contributed by atoms with Crippen molar-refractivity contribution >= 4 is 92.7 Å². The van der Waals surface area contributed by atoms with Crippen LogP contribution in [0.15, 0.2) is 103 Å². The van der Waals surface area contributed by atoms with E-state index in [1.807, 2.05) is 32.0 Å². The molecular weight excluding hydrogens is 1250 g/mol. The molecule has 2 aliphatic heterocycles. The number of carbonyl (C=O) groups excluding carboxylic acids is 11. The lowest BCUT2D eigenvalue weighted by Crippen LogP contribution is -2.61. The zero-order valence-electron chi connectivity index (χ0n) is 54.2. The summed E-state index contributed by atoms with van der Waals surface area (Å²) in [6.07, 6.45) is 6.49. The van der Waals surface area contributed by atoms with Gasteiger partial charge in [0.1, 0.15) is 60.1 Å². The fraction of sp³-hybridized carbons (Fsp3) is 0.439. The number of aliphatic hydroxyl groups excluding tert-OH is 1. The van der Waals surface area contributed by atoms with Crippen molar-refractivity contribution in [2.45, 2.75) is 146 Å². The van der Waals surface area contributed by atoms with Gasteiger partial charge in [0.05, 0.1) is 19.5 Å². The Morgan fingerprint density at radius 2 is 1.20 bits per heavy atom. The van der Waals surface area contributed by atoms with Crippen LogP contribution >= 0.6 is 0 Å². The summed E-state index contributed by atoms with van der Waals surface area (Å²) in [5, 5.41) is 49.3. The van der Waals surface area contributed by atoms with Crippen LogP contribution in [0.2, 0.25) is 0 Å². The number of aliphatic imine (C=N–C) groups is 1. The number of guanidine groups is 1. The Balaban J connectivity index is 1.05. The number of rotatable bonds is 34. The molecule has 9 atom stereocenters. The number of hydrogen-bond donors (Lipinski definition) is 17. The van der Waals surface area contributed by atoms with E-state index in [-0.39, 0.29) is 101 Å². The Morgan fingerprint density at radius 3 is 1.74 bits per heavy atom. The van der Waals surface area contributed by atoms with Gasteiger partial charge in [0.25, 0.3) is 0 Å². The molecule has 0 unspecified atom stereocenters. The number of likely N-dealkylation sites (tertiary alicyclic amines) is 1. The van der Waals surface area contributed by atoms with Crippen LogP contribution < -0.4 is 64.6 Å². The van der Waals surface area contributed by atoms with Gasteiger partial charge in [-0.15, -0.1) is 0 Å². The number of amides is 11. The van der Waals surface area contributed by atoms with Gasteiger partial charge in [0.2, 0.25) is 65.0 Å². The number of phenolic OH excluding ortho intramolecular Hbond substituents is 1. The van der Waals surface area contributed by atoms with Crippen molar-refractivity contribution in [1.29, 1.82) is 0 Å². The fourth-order valence-electron chi connectivity index (χ4n) is 11.8. The molecule has 0 radical (unpaired) electrons. The molecular formula is C66H86N18O13. The molecule has 2 saturated heterocycles. The van der Waals surface area contributed by atoms with Crippen LogP contribution in [0, 0.1) is 5.92 Å². The minimum Gasteiger partial charge on any atom is -0.508 e. The van der Waals surface area contributed by atoms with Gasteiger partial charge in [-0.25, -0.2) is 4.98 Å². The second-order valence-corrected chi connectivity index (χ2v) is 24.5. The lowest BCUT2D eigenvalue weighted by Gasteiger charge is -2.31. The van der Waals surface area contributed by atoms with Crippen molar-refractivity contribution in [2.24, 2.45) is 22.4 Å². The van der Waals surface area contributed by atoms with Crippen molar-refractivity contribution in [3.8, 4) is 5.75 Å². The number of aromatic nitrogens is 4. The second kappa shape index (κ2) is 34.5. The van der Waals surface area contributed by atoms with Crippen LogP contribution in [-0.2, 0) is 78.4 Å². The topological polar surface area (TPSA) is 476 Å². The van der Waals surface area contributed by atoms with E-state index in [1.165, 1.54) is 41.7 Å². The van der Waals surface area contributed by atoms with E-state index in [2.05, 4.69) is 78.1 Å². The zero-order valence-corrected chi connectivity index (χ0v) is 54.2. The highest BCUT2D eigenvalue weighted by atomic mass is 16.3. The molecule has 5 heterocycles. The van der Waals surface area contributed by atoms with Gasteiger partial charge in [-0.05, 0) is 92.3 Å². The molecule has 31 nitrogen and oxygen atoms in total. The number of imidazole rings is 1. The van der Waals surface area contributed by atoms with Gasteiger partial charge in [-0.2, -0.15) is 0 Å². The third-order valence-electron chi connectivity index (χ3n) is 16.7. The first-order chi connectivity index (χ1) is 46.6. The zero-order chi connectivity index (χ0) is 69.7. The van der Waals surface area contributed by atoms with Crippen molar-refractivity contribution in [1.82, 2.24) is 78.0 Å². The number of benzene rings is 3. The molecule has 31 heteroatoms. The maximum Gasteiger partial charge on any atom is 0.245 e.